The molecule has 0 aliphatic carbocycles. The SMILES string of the molecule is CNC(CCN(C)C(C)CO)c1ccc(Cl)cc1. The van der Waals surface area contributed by atoms with Gasteiger partial charge in [-0.25, -0.2) is 0 Å². The zero-order valence-electron chi connectivity index (χ0n) is 11.4. The standard InChI is InChI=1S/C14H23ClN2O/c1-11(10-18)17(3)9-8-14(16-2)12-4-6-13(15)7-5-12/h4-7,11,14,16,18H,8-10H2,1-3H3. The van der Waals surface area contributed by atoms with E-state index in [-0.39, 0.29) is 12.6 Å². The molecule has 0 saturated carbocycles. The maximum absolute atomic E-state index is 9.10. The van der Waals surface area contributed by atoms with Gasteiger partial charge in [-0.3, -0.25) is 0 Å². The molecular formula is C14H23ClN2O. The molecule has 0 aromatic heterocycles. The minimum Gasteiger partial charge on any atom is -0.395 e. The van der Waals surface area contributed by atoms with Crippen LogP contribution in [0.3, 0.4) is 0 Å². The quantitative estimate of drug-likeness (QED) is 0.798. The van der Waals surface area contributed by atoms with E-state index in [2.05, 4.69) is 22.3 Å². The van der Waals surface area contributed by atoms with Crippen LogP contribution in [0.5, 0.6) is 0 Å². The summed E-state index contributed by atoms with van der Waals surface area (Å²) in [7, 11) is 4.00. The van der Waals surface area contributed by atoms with Gasteiger partial charge in [0.25, 0.3) is 0 Å². The summed E-state index contributed by atoms with van der Waals surface area (Å²) in [6, 6.07) is 8.46. The molecule has 0 amide bonds. The lowest BCUT2D eigenvalue weighted by Gasteiger charge is -2.25. The highest BCUT2D eigenvalue weighted by Gasteiger charge is 2.12. The molecular weight excluding hydrogens is 248 g/mol. The summed E-state index contributed by atoms with van der Waals surface area (Å²) in [5, 5.41) is 13.2. The molecule has 2 atom stereocenters. The summed E-state index contributed by atoms with van der Waals surface area (Å²) in [6.07, 6.45) is 0.999. The van der Waals surface area contributed by atoms with Crippen molar-refractivity contribution in [3.05, 3.63) is 34.9 Å². The van der Waals surface area contributed by atoms with Crippen LogP contribution in [-0.4, -0.2) is 43.3 Å². The minimum atomic E-state index is 0.196. The van der Waals surface area contributed by atoms with E-state index in [1.165, 1.54) is 5.56 Å². The fourth-order valence-corrected chi connectivity index (χ4v) is 1.99. The highest BCUT2D eigenvalue weighted by Crippen LogP contribution is 2.19. The Morgan fingerprint density at radius 2 is 1.94 bits per heavy atom. The Kier molecular flexibility index (Phi) is 6.65. The van der Waals surface area contributed by atoms with Crippen molar-refractivity contribution >= 4 is 11.6 Å². The van der Waals surface area contributed by atoms with Crippen LogP contribution < -0.4 is 5.32 Å². The Balaban J connectivity index is 2.54. The van der Waals surface area contributed by atoms with Crippen LogP contribution in [0, 0.1) is 0 Å². The number of likely N-dealkylation sites (N-methyl/N-ethyl adjacent to an activating group) is 1. The normalized spacial score (nSPS) is 14.8. The highest BCUT2D eigenvalue weighted by atomic mass is 35.5. The van der Waals surface area contributed by atoms with E-state index in [1.54, 1.807) is 0 Å². The minimum absolute atomic E-state index is 0.196. The third-order valence-electron chi connectivity index (χ3n) is 3.41. The number of aliphatic hydroxyl groups excluding tert-OH is 1. The van der Waals surface area contributed by atoms with Crippen LogP contribution >= 0.6 is 11.6 Å². The zero-order valence-corrected chi connectivity index (χ0v) is 12.1. The second-order valence-corrected chi connectivity index (χ2v) is 5.13. The Morgan fingerprint density at radius 3 is 2.44 bits per heavy atom. The monoisotopic (exact) mass is 270 g/mol. The Hall–Kier alpha value is -0.610. The van der Waals surface area contributed by atoms with Gasteiger partial charge in [-0.2, -0.15) is 0 Å². The van der Waals surface area contributed by atoms with Crippen molar-refractivity contribution in [3.63, 3.8) is 0 Å². The molecule has 1 aromatic carbocycles. The molecule has 0 bridgehead atoms. The fraction of sp³-hybridized carbons (Fsp3) is 0.571. The summed E-state index contributed by atoms with van der Waals surface area (Å²) in [6.45, 7) is 3.16. The van der Waals surface area contributed by atoms with Crippen molar-refractivity contribution in [1.29, 1.82) is 0 Å². The highest BCUT2D eigenvalue weighted by molar-refractivity contribution is 6.30. The molecule has 0 heterocycles. The van der Waals surface area contributed by atoms with Crippen LogP contribution in [0.4, 0.5) is 0 Å². The molecule has 2 N–H and O–H groups in total. The second-order valence-electron chi connectivity index (χ2n) is 4.69. The zero-order chi connectivity index (χ0) is 13.5. The maximum atomic E-state index is 9.10. The molecule has 18 heavy (non-hydrogen) atoms. The molecule has 1 aromatic rings. The van der Waals surface area contributed by atoms with E-state index < -0.39 is 0 Å². The van der Waals surface area contributed by atoms with E-state index in [9.17, 15) is 0 Å². The first kappa shape index (κ1) is 15.4. The lowest BCUT2D eigenvalue weighted by atomic mass is 10.0. The Morgan fingerprint density at radius 1 is 1.33 bits per heavy atom. The van der Waals surface area contributed by atoms with Gasteiger partial charge < -0.3 is 15.3 Å². The predicted octanol–water partition coefficient (Wildman–Crippen LogP) is 2.30. The number of nitrogens with one attached hydrogen (secondary N) is 1. The number of halogens is 1. The topological polar surface area (TPSA) is 35.5 Å². The van der Waals surface area contributed by atoms with E-state index in [0.29, 0.717) is 6.04 Å². The van der Waals surface area contributed by atoms with E-state index in [4.69, 9.17) is 16.7 Å². The van der Waals surface area contributed by atoms with E-state index >= 15 is 0 Å². The van der Waals surface area contributed by atoms with Gasteiger partial charge in [0.1, 0.15) is 0 Å². The third-order valence-corrected chi connectivity index (χ3v) is 3.66. The van der Waals surface area contributed by atoms with Crippen molar-refractivity contribution in [1.82, 2.24) is 10.2 Å². The molecule has 0 aliphatic heterocycles. The van der Waals surface area contributed by atoms with Crippen molar-refractivity contribution in [2.75, 3.05) is 27.2 Å². The Labute approximate surface area is 115 Å². The Bertz CT molecular complexity index is 342. The fourth-order valence-electron chi connectivity index (χ4n) is 1.87. The van der Waals surface area contributed by atoms with Crippen LogP contribution in [0.1, 0.15) is 24.9 Å². The first-order chi connectivity index (χ1) is 8.58. The average Bonchev–Trinajstić information content (AvgIpc) is 2.40. The summed E-state index contributed by atoms with van der Waals surface area (Å²) in [5.41, 5.74) is 1.24. The number of rotatable bonds is 7. The van der Waals surface area contributed by atoms with Gasteiger partial charge in [0.15, 0.2) is 0 Å². The molecule has 0 saturated heterocycles. The van der Waals surface area contributed by atoms with Crippen molar-refractivity contribution in [3.8, 4) is 0 Å². The molecule has 1 rings (SSSR count). The lowest BCUT2D eigenvalue weighted by Crippen LogP contribution is -2.34. The number of nitrogens with zero attached hydrogens (tertiary/aromatic N) is 1. The smallest absolute Gasteiger partial charge is 0.0584 e. The molecule has 3 nitrogen and oxygen atoms in total. The van der Waals surface area contributed by atoms with Gasteiger partial charge in [0.2, 0.25) is 0 Å². The molecule has 0 aliphatic rings. The number of hydrogen-bond donors (Lipinski definition) is 2. The lowest BCUT2D eigenvalue weighted by molar-refractivity contribution is 0.154. The van der Waals surface area contributed by atoms with Crippen LogP contribution in [0.25, 0.3) is 0 Å². The van der Waals surface area contributed by atoms with Gasteiger partial charge in [0.05, 0.1) is 6.61 Å². The van der Waals surface area contributed by atoms with Crippen molar-refractivity contribution in [2.24, 2.45) is 0 Å². The van der Waals surface area contributed by atoms with Gasteiger partial charge in [0, 0.05) is 23.7 Å². The average molecular weight is 271 g/mol. The van der Waals surface area contributed by atoms with Crippen LogP contribution in [0.2, 0.25) is 5.02 Å². The number of benzene rings is 1. The van der Waals surface area contributed by atoms with Crippen molar-refractivity contribution < 1.29 is 5.11 Å². The molecule has 0 radical (unpaired) electrons. The molecule has 0 fully saturated rings. The first-order valence-electron chi connectivity index (χ1n) is 6.32. The third kappa shape index (κ3) is 4.58. The van der Waals surface area contributed by atoms with Crippen LogP contribution in [0.15, 0.2) is 24.3 Å². The van der Waals surface area contributed by atoms with Gasteiger partial charge in [-0.1, -0.05) is 23.7 Å². The first-order valence-corrected chi connectivity index (χ1v) is 6.70. The summed E-state index contributed by atoms with van der Waals surface area (Å²) < 4.78 is 0. The van der Waals surface area contributed by atoms with Crippen molar-refractivity contribution in [2.45, 2.75) is 25.4 Å². The second kappa shape index (κ2) is 7.74. The predicted molar refractivity (Wildman–Crippen MR) is 77.0 cm³/mol. The maximum Gasteiger partial charge on any atom is 0.0584 e. The van der Waals surface area contributed by atoms with Gasteiger partial charge in [-0.05, 0) is 45.1 Å². The molecule has 102 valence electrons. The largest absolute Gasteiger partial charge is 0.395 e. The summed E-state index contributed by atoms with van der Waals surface area (Å²) >= 11 is 5.89. The summed E-state index contributed by atoms with van der Waals surface area (Å²) in [4.78, 5) is 2.17. The van der Waals surface area contributed by atoms with E-state index in [0.717, 1.165) is 18.0 Å². The summed E-state index contributed by atoms with van der Waals surface area (Å²) in [5.74, 6) is 0. The van der Waals surface area contributed by atoms with Gasteiger partial charge in [-0.15, -0.1) is 0 Å². The number of hydrogen-bond acceptors (Lipinski definition) is 3. The molecule has 2 unspecified atom stereocenters. The molecule has 0 spiro atoms. The molecule has 4 heteroatoms. The van der Waals surface area contributed by atoms with E-state index in [1.807, 2.05) is 33.2 Å². The van der Waals surface area contributed by atoms with Gasteiger partial charge >= 0.3 is 0 Å². The van der Waals surface area contributed by atoms with Crippen LogP contribution in [-0.2, 0) is 0 Å². The number of aliphatic hydroxyl groups is 1.